The van der Waals surface area contributed by atoms with E-state index in [4.69, 9.17) is 23.7 Å². The van der Waals surface area contributed by atoms with Gasteiger partial charge in [0.1, 0.15) is 17.3 Å². The van der Waals surface area contributed by atoms with Crippen molar-refractivity contribution in [2.45, 2.75) is 13.0 Å². The van der Waals surface area contributed by atoms with Crippen molar-refractivity contribution in [3.63, 3.8) is 0 Å². The molecule has 0 unspecified atom stereocenters. The third kappa shape index (κ3) is 4.67. The number of Topliss-reactive ketones (excluding diaryl/α,β-unsaturated/α-hetero) is 1. The molecule has 2 heterocycles. The quantitative estimate of drug-likeness (QED) is 0.170. The van der Waals surface area contributed by atoms with Crippen molar-refractivity contribution in [3.8, 4) is 28.7 Å². The number of nitrogens with zero attached hydrogens (tertiary/aromatic N) is 2. The highest BCUT2D eigenvalue weighted by molar-refractivity contribution is 7.22. The van der Waals surface area contributed by atoms with Crippen molar-refractivity contribution >= 4 is 44.1 Å². The number of aryl methyl sites for hydroxylation is 1. The van der Waals surface area contributed by atoms with Gasteiger partial charge >= 0.3 is 5.91 Å². The Morgan fingerprint density at radius 2 is 1.54 bits per heavy atom. The first-order valence-corrected chi connectivity index (χ1v) is 13.3. The maximum atomic E-state index is 13.7. The summed E-state index contributed by atoms with van der Waals surface area (Å²) >= 11 is 1.23. The maximum absolute atomic E-state index is 13.7. The van der Waals surface area contributed by atoms with Crippen LogP contribution in [0.5, 0.6) is 28.7 Å². The van der Waals surface area contributed by atoms with Gasteiger partial charge in [-0.1, -0.05) is 11.3 Å². The number of thiazole rings is 1. The van der Waals surface area contributed by atoms with Crippen molar-refractivity contribution < 1.29 is 38.4 Å². The Morgan fingerprint density at radius 1 is 0.854 bits per heavy atom. The van der Waals surface area contributed by atoms with Gasteiger partial charge in [0.25, 0.3) is 5.78 Å². The van der Waals surface area contributed by atoms with Gasteiger partial charge in [-0.2, -0.15) is 0 Å². The third-order valence-electron chi connectivity index (χ3n) is 6.91. The summed E-state index contributed by atoms with van der Waals surface area (Å²) in [6.45, 7) is 1.82. The molecule has 1 N–H and O–H groups in total. The van der Waals surface area contributed by atoms with E-state index in [1.807, 2.05) is 13.0 Å². The number of carbonyl (C=O) groups excluding carboxylic acids is 2. The van der Waals surface area contributed by atoms with Crippen molar-refractivity contribution in [2.24, 2.45) is 0 Å². The maximum Gasteiger partial charge on any atom is 0.301 e. The van der Waals surface area contributed by atoms with Gasteiger partial charge in [0, 0.05) is 5.56 Å². The zero-order valence-electron chi connectivity index (χ0n) is 23.3. The Bertz CT molecular complexity index is 1690. The molecule has 11 heteroatoms. The Kier molecular flexibility index (Phi) is 7.46. The van der Waals surface area contributed by atoms with Crippen LogP contribution in [-0.2, 0) is 9.59 Å². The molecule has 0 aliphatic carbocycles. The fraction of sp³-hybridized carbons (Fsp3) is 0.233. The number of fused-ring (bicyclic) bond motifs is 1. The van der Waals surface area contributed by atoms with Gasteiger partial charge in [-0.25, -0.2) is 4.98 Å². The molecule has 10 nitrogen and oxygen atoms in total. The number of carbonyl (C=O) groups is 2. The largest absolute Gasteiger partial charge is 0.507 e. The van der Waals surface area contributed by atoms with Crippen LogP contribution in [0.1, 0.15) is 22.7 Å². The van der Waals surface area contributed by atoms with Crippen LogP contribution >= 0.6 is 11.3 Å². The molecule has 1 amide bonds. The fourth-order valence-corrected chi connectivity index (χ4v) is 5.93. The monoisotopic (exact) mass is 576 g/mol. The average molecular weight is 577 g/mol. The molecule has 41 heavy (non-hydrogen) atoms. The molecule has 3 aromatic carbocycles. The Labute approximate surface area is 240 Å². The van der Waals surface area contributed by atoms with Gasteiger partial charge < -0.3 is 28.8 Å². The van der Waals surface area contributed by atoms with E-state index in [0.717, 1.165) is 10.3 Å². The second kappa shape index (κ2) is 11.0. The fourth-order valence-electron chi connectivity index (χ4n) is 4.91. The molecule has 0 bridgehead atoms. The lowest BCUT2D eigenvalue weighted by molar-refractivity contribution is -0.132. The van der Waals surface area contributed by atoms with E-state index in [1.54, 1.807) is 56.7 Å². The Morgan fingerprint density at radius 3 is 2.12 bits per heavy atom. The lowest BCUT2D eigenvalue weighted by atomic mass is 9.94. The molecule has 1 aliphatic rings. The molecule has 1 saturated heterocycles. The van der Waals surface area contributed by atoms with E-state index in [0.29, 0.717) is 45.4 Å². The van der Waals surface area contributed by atoms with Crippen molar-refractivity contribution in [1.29, 1.82) is 0 Å². The van der Waals surface area contributed by atoms with E-state index >= 15 is 0 Å². The van der Waals surface area contributed by atoms with Crippen molar-refractivity contribution in [2.75, 3.05) is 40.4 Å². The van der Waals surface area contributed by atoms with Gasteiger partial charge in [0.15, 0.2) is 16.6 Å². The number of hydrogen-bond donors (Lipinski definition) is 1. The van der Waals surface area contributed by atoms with E-state index in [1.165, 1.54) is 37.6 Å². The number of aromatic nitrogens is 1. The van der Waals surface area contributed by atoms with Crippen molar-refractivity contribution in [1.82, 2.24) is 4.98 Å². The zero-order chi connectivity index (χ0) is 29.4. The van der Waals surface area contributed by atoms with Crippen LogP contribution in [0.25, 0.3) is 16.0 Å². The highest BCUT2D eigenvalue weighted by atomic mass is 32.1. The number of rotatable bonds is 8. The second-order valence-electron chi connectivity index (χ2n) is 9.14. The summed E-state index contributed by atoms with van der Waals surface area (Å²) in [5, 5.41) is 11.9. The molecule has 0 spiro atoms. The summed E-state index contributed by atoms with van der Waals surface area (Å²) in [4.78, 5) is 33.3. The number of methoxy groups -OCH3 is 5. The molecule has 0 saturated carbocycles. The third-order valence-corrected chi connectivity index (χ3v) is 7.92. The second-order valence-corrected chi connectivity index (χ2v) is 10.2. The minimum absolute atomic E-state index is 0.106. The predicted octanol–water partition coefficient (Wildman–Crippen LogP) is 5.27. The predicted molar refractivity (Wildman–Crippen MR) is 155 cm³/mol. The van der Waals surface area contributed by atoms with Gasteiger partial charge in [0.2, 0.25) is 5.75 Å². The summed E-state index contributed by atoms with van der Waals surface area (Å²) in [7, 11) is 7.53. The lowest BCUT2D eigenvalue weighted by Crippen LogP contribution is -2.29. The smallest absolute Gasteiger partial charge is 0.301 e. The molecule has 212 valence electrons. The normalized spacial score (nSPS) is 16.2. The van der Waals surface area contributed by atoms with E-state index < -0.39 is 17.7 Å². The van der Waals surface area contributed by atoms with Gasteiger partial charge in [-0.05, 0) is 66.6 Å². The number of amides is 1. The van der Waals surface area contributed by atoms with Crippen LogP contribution in [0.3, 0.4) is 0 Å². The summed E-state index contributed by atoms with van der Waals surface area (Å²) in [5.74, 6) is 0.210. The molecule has 1 aliphatic heterocycles. The van der Waals surface area contributed by atoms with E-state index in [9.17, 15) is 14.7 Å². The van der Waals surface area contributed by atoms with Crippen LogP contribution < -0.4 is 28.6 Å². The van der Waals surface area contributed by atoms with Gasteiger partial charge in [0.05, 0.1) is 57.4 Å². The van der Waals surface area contributed by atoms with Crippen LogP contribution in [-0.4, -0.2) is 57.3 Å². The molecule has 4 aromatic rings. The minimum Gasteiger partial charge on any atom is -0.507 e. The number of ether oxygens (including phenoxy) is 5. The SMILES string of the molecule is COc1ccc2nc(N3C(=O)C(=O)C(=C(O)c4ccc(OC)c(C)c4)[C@H]3c3cc(OC)c(OC)c(OC)c3)sc2c1. The average Bonchev–Trinajstić information content (AvgIpc) is 3.52. The zero-order valence-corrected chi connectivity index (χ0v) is 24.1. The summed E-state index contributed by atoms with van der Waals surface area (Å²) in [6.07, 6.45) is 0. The number of aliphatic hydroxyl groups is 1. The standard InChI is InChI=1S/C30H28N2O8S/c1-15-11-16(7-10-20(15)37-3)26(33)24-25(17-12-21(38-4)28(40-6)22(13-17)39-5)32(29(35)27(24)34)30-31-19-9-8-18(36-2)14-23(19)41-30/h7-14,25,33H,1-6H3/t25-/m1/s1. The summed E-state index contributed by atoms with van der Waals surface area (Å²) < 4.78 is 28.0. The Balaban J connectivity index is 1.78. The minimum atomic E-state index is -1.06. The number of benzene rings is 3. The lowest BCUT2D eigenvalue weighted by Gasteiger charge is -2.24. The first-order valence-electron chi connectivity index (χ1n) is 12.5. The molecule has 1 atom stereocenters. The van der Waals surface area contributed by atoms with Gasteiger partial charge in [-0.3, -0.25) is 14.5 Å². The van der Waals surface area contributed by atoms with Crippen LogP contribution in [0, 0.1) is 6.92 Å². The number of aliphatic hydroxyl groups excluding tert-OH is 1. The number of anilines is 1. The molecular formula is C30H28N2O8S. The first-order chi connectivity index (χ1) is 19.8. The molecule has 1 fully saturated rings. The topological polar surface area (TPSA) is 117 Å². The Hall–Kier alpha value is -4.77. The van der Waals surface area contributed by atoms with E-state index in [2.05, 4.69) is 4.98 Å². The highest BCUT2D eigenvalue weighted by Crippen LogP contribution is 2.48. The van der Waals surface area contributed by atoms with E-state index in [-0.39, 0.29) is 16.5 Å². The molecular weight excluding hydrogens is 548 g/mol. The van der Waals surface area contributed by atoms with Crippen LogP contribution in [0.4, 0.5) is 5.13 Å². The van der Waals surface area contributed by atoms with Crippen LogP contribution in [0.2, 0.25) is 0 Å². The molecule has 0 radical (unpaired) electrons. The van der Waals surface area contributed by atoms with Gasteiger partial charge in [-0.15, -0.1) is 0 Å². The van der Waals surface area contributed by atoms with Crippen molar-refractivity contribution in [3.05, 3.63) is 70.8 Å². The number of hydrogen-bond acceptors (Lipinski definition) is 10. The first kappa shape index (κ1) is 27.8. The highest BCUT2D eigenvalue weighted by Gasteiger charge is 2.48. The molecule has 5 rings (SSSR count). The molecule has 1 aromatic heterocycles. The summed E-state index contributed by atoms with van der Waals surface area (Å²) in [5.41, 5.74) is 2.07. The summed E-state index contributed by atoms with van der Waals surface area (Å²) in [6, 6.07) is 12.6. The number of ketones is 1. The van der Waals surface area contributed by atoms with Crippen LogP contribution in [0.15, 0.2) is 54.1 Å².